The lowest BCUT2D eigenvalue weighted by atomic mass is 9.95. The van der Waals surface area contributed by atoms with Crippen molar-refractivity contribution < 1.29 is 24.1 Å². The van der Waals surface area contributed by atoms with Crippen LogP contribution in [-0.4, -0.2) is 30.1 Å². The molecule has 0 radical (unpaired) electrons. The van der Waals surface area contributed by atoms with Crippen molar-refractivity contribution in [1.82, 2.24) is 0 Å². The van der Waals surface area contributed by atoms with Gasteiger partial charge < -0.3 is 19.3 Å². The van der Waals surface area contributed by atoms with E-state index in [1.807, 2.05) is 6.07 Å². The number of ether oxygens (including phenoxy) is 3. The zero-order valence-corrected chi connectivity index (χ0v) is 14.2. The van der Waals surface area contributed by atoms with E-state index in [0.717, 1.165) is 50.0 Å². The highest BCUT2D eigenvalue weighted by Crippen LogP contribution is 2.33. The van der Waals surface area contributed by atoms with Gasteiger partial charge in [0.05, 0.1) is 5.92 Å². The maximum absolute atomic E-state index is 11.6. The maximum atomic E-state index is 11.6. The number of fused-ring (bicyclic) bond motifs is 1. The number of aryl methyl sites for hydroxylation is 1. The molecular weight excluding hydrogens is 308 g/mol. The Kier molecular flexibility index (Phi) is 5.61. The van der Waals surface area contributed by atoms with Crippen LogP contribution in [0.5, 0.6) is 11.5 Å². The fourth-order valence-electron chi connectivity index (χ4n) is 3.42. The molecule has 1 aromatic carbocycles. The molecule has 0 spiro atoms. The van der Waals surface area contributed by atoms with Crippen LogP contribution in [0.2, 0.25) is 0 Å². The first-order valence-electron chi connectivity index (χ1n) is 8.92. The lowest BCUT2D eigenvalue weighted by molar-refractivity contribution is -0.143. The third kappa shape index (κ3) is 4.01. The highest BCUT2D eigenvalue weighted by molar-refractivity contribution is 5.75. The van der Waals surface area contributed by atoms with Gasteiger partial charge in [-0.1, -0.05) is 31.7 Å². The van der Waals surface area contributed by atoms with Crippen molar-refractivity contribution in [3.05, 3.63) is 23.8 Å². The lowest BCUT2D eigenvalue weighted by Gasteiger charge is -2.11. The van der Waals surface area contributed by atoms with Gasteiger partial charge >= 0.3 is 5.97 Å². The zero-order valence-electron chi connectivity index (χ0n) is 14.2. The quantitative estimate of drug-likeness (QED) is 0.584. The number of aliphatic hydroxyl groups excluding tert-OH is 1. The molecule has 2 heterocycles. The van der Waals surface area contributed by atoms with Gasteiger partial charge in [-0.15, -0.1) is 0 Å². The number of cyclic esters (lactones) is 1. The number of esters is 1. The van der Waals surface area contributed by atoms with Gasteiger partial charge in [0, 0.05) is 0 Å². The molecule has 5 heteroatoms. The number of carbonyl (C=O) groups is 1. The van der Waals surface area contributed by atoms with Crippen LogP contribution in [-0.2, 0) is 16.0 Å². The second kappa shape index (κ2) is 7.88. The van der Waals surface area contributed by atoms with E-state index < -0.39 is 6.10 Å². The first kappa shape index (κ1) is 17.1. The van der Waals surface area contributed by atoms with Gasteiger partial charge in [-0.2, -0.15) is 0 Å². The summed E-state index contributed by atoms with van der Waals surface area (Å²) in [6.45, 7) is 2.07. The summed E-state index contributed by atoms with van der Waals surface area (Å²) in [6, 6.07) is 6.14. The highest BCUT2D eigenvalue weighted by atomic mass is 16.7. The predicted molar refractivity (Wildman–Crippen MR) is 89.0 cm³/mol. The maximum Gasteiger partial charge on any atom is 0.312 e. The van der Waals surface area contributed by atoms with Crippen molar-refractivity contribution in [2.45, 2.75) is 64.1 Å². The molecule has 0 unspecified atom stereocenters. The molecule has 1 N–H and O–H groups in total. The van der Waals surface area contributed by atoms with E-state index >= 15 is 0 Å². The van der Waals surface area contributed by atoms with E-state index in [9.17, 15) is 9.90 Å². The molecule has 3 atom stereocenters. The largest absolute Gasteiger partial charge is 0.460 e. The first-order chi connectivity index (χ1) is 11.6. The number of rotatable bonds is 8. The van der Waals surface area contributed by atoms with E-state index in [0.29, 0.717) is 6.79 Å². The highest BCUT2D eigenvalue weighted by Gasteiger charge is 2.40. The minimum absolute atomic E-state index is 0.238. The Hall–Kier alpha value is -1.75. The molecule has 132 valence electrons. The Labute approximate surface area is 142 Å². The Morgan fingerprint density at radius 2 is 1.83 bits per heavy atom. The number of unbranched alkanes of at least 4 members (excludes halogenated alkanes) is 4. The van der Waals surface area contributed by atoms with E-state index in [4.69, 9.17) is 14.2 Å². The number of hydrogen-bond acceptors (Lipinski definition) is 5. The second-order valence-corrected chi connectivity index (χ2v) is 6.73. The third-order valence-electron chi connectivity index (χ3n) is 4.92. The Balaban J connectivity index is 1.27. The minimum Gasteiger partial charge on any atom is -0.460 e. The Bertz CT molecular complexity index is 571. The Morgan fingerprint density at radius 1 is 1.08 bits per heavy atom. The van der Waals surface area contributed by atoms with Crippen LogP contribution in [0.15, 0.2) is 18.2 Å². The van der Waals surface area contributed by atoms with Gasteiger partial charge in [0.1, 0.15) is 12.2 Å². The molecule has 0 amide bonds. The van der Waals surface area contributed by atoms with Crippen molar-refractivity contribution in [3.63, 3.8) is 0 Å². The van der Waals surface area contributed by atoms with Crippen LogP contribution in [0.1, 0.15) is 51.0 Å². The SMILES string of the molecule is C[C@H]1OC(=O)[C@H](CCCCCCCc2ccc3c(c2)OCO3)[C@@H]1O. The molecule has 0 aromatic heterocycles. The average molecular weight is 334 g/mol. The molecule has 3 rings (SSSR count). The molecule has 1 saturated heterocycles. The molecule has 5 nitrogen and oxygen atoms in total. The monoisotopic (exact) mass is 334 g/mol. The van der Waals surface area contributed by atoms with E-state index in [1.54, 1.807) is 6.92 Å². The van der Waals surface area contributed by atoms with Gasteiger partial charge in [-0.3, -0.25) is 4.79 Å². The summed E-state index contributed by atoms with van der Waals surface area (Å²) in [5, 5.41) is 9.90. The van der Waals surface area contributed by atoms with E-state index in [-0.39, 0.29) is 18.0 Å². The van der Waals surface area contributed by atoms with Crippen molar-refractivity contribution in [2.75, 3.05) is 6.79 Å². The van der Waals surface area contributed by atoms with Gasteiger partial charge in [0.2, 0.25) is 6.79 Å². The lowest BCUT2D eigenvalue weighted by Crippen LogP contribution is -2.24. The summed E-state index contributed by atoms with van der Waals surface area (Å²) >= 11 is 0. The fraction of sp³-hybridized carbons (Fsp3) is 0.632. The van der Waals surface area contributed by atoms with Crippen LogP contribution in [0.3, 0.4) is 0 Å². The number of hydrogen-bond donors (Lipinski definition) is 1. The van der Waals surface area contributed by atoms with Gasteiger partial charge in [-0.25, -0.2) is 0 Å². The van der Waals surface area contributed by atoms with Crippen LogP contribution in [0.4, 0.5) is 0 Å². The van der Waals surface area contributed by atoms with Crippen LogP contribution in [0, 0.1) is 5.92 Å². The summed E-state index contributed by atoms with van der Waals surface area (Å²) in [5.74, 6) is 1.12. The standard InChI is InChI=1S/C19H26O5/c1-13-18(20)15(19(21)24-13)8-6-4-2-3-5-7-14-9-10-16-17(11-14)23-12-22-16/h9-11,13,15,18,20H,2-8,12H2,1H3/t13-,15-,18-/m1/s1. The summed E-state index contributed by atoms with van der Waals surface area (Å²) in [6.07, 6.45) is 6.30. The van der Waals surface area contributed by atoms with Gasteiger partial charge in [0.15, 0.2) is 11.5 Å². The molecule has 0 bridgehead atoms. The van der Waals surface area contributed by atoms with Crippen molar-refractivity contribution in [2.24, 2.45) is 5.92 Å². The van der Waals surface area contributed by atoms with E-state index in [2.05, 4.69) is 12.1 Å². The van der Waals surface area contributed by atoms with Crippen LogP contribution < -0.4 is 9.47 Å². The number of benzene rings is 1. The molecule has 2 aliphatic rings. The molecule has 0 saturated carbocycles. The number of carbonyl (C=O) groups excluding carboxylic acids is 1. The summed E-state index contributed by atoms with van der Waals surface area (Å²) in [7, 11) is 0. The van der Waals surface area contributed by atoms with Crippen molar-refractivity contribution in [1.29, 1.82) is 0 Å². The van der Waals surface area contributed by atoms with Crippen LogP contribution in [0.25, 0.3) is 0 Å². The summed E-state index contributed by atoms with van der Waals surface area (Å²) in [4.78, 5) is 11.6. The molecule has 24 heavy (non-hydrogen) atoms. The van der Waals surface area contributed by atoms with Crippen molar-refractivity contribution in [3.8, 4) is 11.5 Å². The smallest absolute Gasteiger partial charge is 0.312 e. The normalized spacial score (nSPS) is 25.1. The zero-order chi connectivity index (χ0) is 16.9. The molecule has 1 aromatic rings. The third-order valence-corrected chi connectivity index (χ3v) is 4.92. The number of aliphatic hydroxyl groups is 1. The first-order valence-corrected chi connectivity index (χ1v) is 8.92. The van der Waals surface area contributed by atoms with Crippen molar-refractivity contribution >= 4 is 5.97 Å². The second-order valence-electron chi connectivity index (χ2n) is 6.73. The summed E-state index contributed by atoms with van der Waals surface area (Å²) < 4.78 is 15.8. The Morgan fingerprint density at radius 3 is 2.62 bits per heavy atom. The molecule has 2 aliphatic heterocycles. The van der Waals surface area contributed by atoms with Gasteiger partial charge in [-0.05, 0) is 43.9 Å². The topological polar surface area (TPSA) is 65.0 Å². The average Bonchev–Trinajstić information content (AvgIpc) is 3.12. The van der Waals surface area contributed by atoms with Crippen LogP contribution >= 0.6 is 0 Å². The predicted octanol–water partition coefficient (Wildman–Crippen LogP) is 3.22. The molecule has 1 fully saturated rings. The molecule has 0 aliphatic carbocycles. The fourth-order valence-corrected chi connectivity index (χ4v) is 3.42. The minimum atomic E-state index is -0.636. The summed E-state index contributed by atoms with van der Waals surface area (Å²) in [5.41, 5.74) is 1.28. The van der Waals surface area contributed by atoms with Gasteiger partial charge in [0.25, 0.3) is 0 Å². The molecular formula is C19H26O5. The van der Waals surface area contributed by atoms with E-state index in [1.165, 1.54) is 12.0 Å².